The second-order valence-electron chi connectivity index (χ2n) is 7.90. The summed E-state index contributed by atoms with van der Waals surface area (Å²) in [7, 11) is 8.29. The zero-order valence-electron chi connectivity index (χ0n) is 17.4. The Morgan fingerprint density at radius 1 is 1.21 bits per heavy atom. The van der Waals surface area contributed by atoms with Crippen LogP contribution < -0.4 is 4.74 Å². The summed E-state index contributed by atoms with van der Waals surface area (Å²) in [6.07, 6.45) is 4.60. The standard InChI is InChI=1S/C21H32N4O3/c1-23(2)11-8-16-14-22-18-6-5-7-19(20(16)18)27-15-28-21(26)25-12-9-17(10-13-25)24(3)4/h5-7,14,17,22H,8-13,15H2,1-4H3. The maximum Gasteiger partial charge on any atom is 0.412 e. The van der Waals surface area contributed by atoms with Crippen LogP contribution in [-0.4, -0.2) is 86.4 Å². The van der Waals surface area contributed by atoms with Gasteiger partial charge in [0.05, 0.1) is 0 Å². The van der Waals surface area contributed by atoms with Gasteiger partial charge in [0.1, 0.15) is 5.75 Å². The maximum atomic E-state index is 12.3. The number of aromatic nitrogens is 1. The van der Waals surface area contributed by atoms with Crippen LogP contribution in [0.4, 0.5) is 4.79 Å². The van der Waals surface area contributed by atoms with Crippen LogP contribution in [0.2, 0.25) is 0 Å². The van der Waals surface area contributed by atoms with Crippen LogP contribution in [0.15, 0.2) is 24.4 Å². The molecule has 1 fully saturated rings. The number of piperidine rings is 1. The molecule has 0 bridgehead atoms. The molecule has 2 heterocycles. The molecule has 0 spiro atoms. The van der Waals surface area contributed by atoms with Crippen molar-refractivity contribution in [1.82, 2.24) is 19.7 Å². The number of carbonyl (C=O) groups is 1. The van der Waals surface area contributed by atoms with Gasteiger partial charge in [0.25, 0.3) is 0 Å². The number of aromatic amines is 1. The first kappa shape index (κ1) is 20.5. The van der Waals surface area contributed by atoms with Gasteiger partial charge >= 0.3 is 6.09 Å². The van der Waals surface area contributed by atoms with E-state index >= 15 is 0 Å². The molecule has 0 unspecified atom stereocenters. The highest BCUT2D eigenvalue weighted by atomic mass is 16.7. The second-order valence-corrected chi connectivity index (χ2v) is 7.90. The molecule has 0 aliphatic carbocycles. The Kier molecular flexibility index (Phi) is 6.80. The number of amides is 1. The summed E-state index contributed by atoms with van der Waals surface area (Å²) in [6.45, 7) is 2.33. The largest absolute Gasteiger partial charge is 0.457 e. The van der Waals surface area contributed by atoms with Crippen molar-refractivity contribution in [2.24, 2.45) is 0 Å². The molecule has 0 radical (unpaired) electrons. The molecule has 1 aromatic heterocycles. The van der Waals surface area contributed by atoms with Gasteiger partial charge in [-0.2, -0.15) is 0 Å². The normalized spacial score (nSPS) is 15.6. The average Bonchev–Trinajstić information content (AvgIpc) is 3.10. The summed E-state index contributed by atoms with van der Waals surface area (Å²) in [6, 6.07) is 6.43. The van der Waals surface area contributed by atoms with E-state index < -0.39 is 0 Å². The summed E-state index contributed by atoms with van der Waals surface area (Å²) < 4.78 is 11.2. The number of benzene rings is 1. The van der Waals surface area contributed by atoms with Gasteiger partial charge < -0.3 is 29.2 Å². The van der Waals surface area contributed by atoms with Gasteiger partial charge in [0, 0.05) is 42.8 Å². The molecule has 7 nitrogen and oxygen atoms in total. The van der Waals surface area contributed by atoms with Crippen molar-refractivity contribution in [2.45, 2.75) is 25.3 Å². The van der Waals surface area contributed by atoms with Crippen molar-refractivity contribution in [3.05, 3.63) is 30.0 Å². The van der Waals surface area contributed by atoms with E-state index in [9.17, 15) is 4.79 Å². The Hall–Kier alpha value is -2.25. The molecular weight excluding hydrogens is 356 g/mol. The fourth-order valence-electron chi connectivity index (χ4n) is 3.68. The van der Waals surface area contributed by atoms with Crippen LogP contribution in [0, 0.1) is 0 Å². The summed E-state index contributed by atoms with van der Waals surface area (Å²) in [5, 5.41) is 1.06. The van der Waals surface area contributed by atoms with Crippen LogP contribution in [-0.2, 0) is 11.2 Å². The van der Waals surface area contributed by atoms with E-state index in [4.69, 9.17) is 9.47 Å². The summed E-state index contributed by atoms with van der Waals surface area (Å²) in [5.74, 6) is 0.742. The molecular formula is C21H32N4O3. The molecule has 1 N–H and O–H groups in total. The number of fused-ring (bicyclic) bond motifs is 1. The fraction of sp³-hybridized carbons (Fsp3) is 0.571. The van der Waals surface area contributed by atoms with Crippen LogP contribution in [0.25, 0.3) is 10.9 Å². The molecule has 7 heteroatoms. The van der Waals surface area contributed by atoms with Crippen molar-refractivity contribution in [2.75, 3.05) is 54.6 Å². The lowest BCUT2D eigenvalue weighted by atomic mass is 10.0. The highest BCUT2D eigenvalue weighted by Crippen LogP contribution is 2.29. The van der Waals surface area contributed by atoms with E-state index in [2.05, 4.69) is 43.0 Å². The maximum absolute atomic E-state index is 12.3. The van der Waals surface area contributed by atoms with E-state index in [1.807, 2.05) is 24.4 Å². The number of carbonyl (C=O) groups excluding carboxylic acids is 1. The number of H-pyrrole nitrogens is 1. The summed E-state index contributed by atoms with van der Waals surface area (Å²) in [4.78, 5) is 21.8. The lowest BCUT2D eigenvalue weighted by Gasteiger charge is -2.34. The van der Waals surface area contributed by atoms with E-state index in [-0.39, 0.29) is 12.9 Å². The highest BCUT2D eigenvalue weighted by Gasteiger charge is 2.24. The summed E-state index contributed by atoms with van der Waals surface area (Å²) in [5.41, 5.74) is 2.24. The topological polar surface area (TPSA) is 61.0 Å². The molecule has 1 saturated heterocycles. The van der Waals surface area contributed by atoms with E-state index in [0.717, 1.165) is 55.5 Å². The molecule has 154 valence electrons. The number of hydrogen-bond acceptors (Lipinski definition) is 5. The monoisotopic (exact) mass is 388 g/mol. The minimum atomic E-state index is -0.300. The van der Waals surface area contributed by atoms with Gasteiger partial charge in [-0.25, -0.2) is 4.79 Å². The quantitative estimate of drug-likeness (QED) is 0.739. The first-order valence-corrected chi connectivity index (χ1v) is 9.90. The Labute approximate surface area is 167 Å². The molecule has 3 rings (SSSR count). The number of nitrogens with zero attached hydrogens (tertiary/aromatic N) is 3. The number of hydrogen-bond donors (Lipinski definition) is 1. The molecule has 28 heavy (non-hydrogen) atoms. The van der Waals surface area contributed by atoms with Gasteiger partial charge in [0.2, 0.25) is 6.79 Å². The van der Waals surface area contributed by atoms with Crippen molar-refractivity contribution < 1.29 is 14.3 Å². The molecule has 0 atom stereocenters. The Morgan fingerprint density at radius 2 is 1.96 bits per heavy atom. The summed E-state index contributed by atoms with van der Waals surface area (Å²) >= 11 is 0. The minimum Gasteiger partial charge on any atom is -0.457 e. The van der Waals surface area contributed by atoms with E-state index in [0.29, 0.717) is 6.04 Å². The molecule has 1 aliphatic rings. The first-order valence-electron chi connectivity index (χ1n) is 9.90. The fourth-order valence-corrected chi connectivity index (χ4v) is 3.68. The first-order chi connectivity index (χ1) is 13.5. The highest BCUT2D eigenvalue weighted by molar-refractivity contribution is 5.89. The third-order valence-electron chi connectivity index (χ3n) is 5.43. The van der Waals surface area contributed by atoms with Gasteiger partial charge in [-0.1, -0.05) is 6.07 Å². The zero-order chi connectivity index (χ0) is 20.1. The van der Waals surface area contributed by atoms with Gasteiger partial charge in [0.15, 0.2) is 0 Å². The molecule has 1 aliphatic heterocycles. The third kappa shape index (κ3) is 4.97. The zero-order valence-corrected chi connectivity index (χ0v) is 17.4. The van der Waals surface area contributed by atoms with Gasteiger partial charge in [-0.3, -0.25) is 0 Å². The predicted molar refractivity (Wildman–Crippen MR) is 111 cm³/mol. The average molecular weight is 389 g/mol. The van der Waals surface area contributed by atoms with Crippen molar-refractivity contribution in [3.63, 3.8) is 0 Å². The number of nitrogens with one attached hydrogen (secondary N) is 1. The second kappa shape index (κ2) is 9.30. The molecule has 2 aromatic rings. The van der Waals surface area contributed by atoms with E-state index in [1.54, 1.807) is 4.90 Å². The number of ether oxygens (including phenoxy) is 2. The van der Waals surface area contributed by atoms with Crippen molar-refractivity contribution >= 4 is 17.0 Å². The molecule has 1 amide bonds. The van der Waals surface area contributed by atoms with Crippen LogP contribution >= 0.6 is 0 Å². The Bertz CT molecular complexity index is 779. The Balaban J connectivity index is 1.55. The lowest BCUT2D eigenvalue weighted by molar-refractivity contribution is 0.0273. The van der Waals surface area contributed by atoms with E-state index in [1.165, 1.54) is 5.56 Å². The number of rotatable bonds is 7. The minimum absolute atomic E-state index is 0.0795. The van der Waals surface area contributed by atoms with Crippen LogP contribution in [0.5, 0.6) is 5.75 Å². The van der Waals surface area contributed by atoms with Crippen LogP contribution in [0.1, 0.15) is 18.4 Å². The SMILES string of the molecule is CN(C)CCc1c[nH]c2cccc(OCOC(=O)N3CCC(N(C)C)CC3)c12. The lowest BCUT2D eigenvalue weighted by Crippen LogP contribution is -2.44. The molecule has 1 aromatic carbocycles. The van der Waals surface area contributed by atoms with Gasteiger partial charge in [-0.05, 0) is 65.1 Å². The van der Waals surface area contributed by atoms with Crippen molar-refractivity contribution in [3.8, 4) is 5.75 Å². The predicted octanol–water partition coefficient (Wildman–Crippen LogP) is 2.77. The smallest absolute Gasteiger partial charge is 0.412 e. The third-order valence-corrected chi connectivity index (χ3v) is 5.43. The Morgan fingerprint density at radius 3 is 2.64 bits per heavy atom. The van der Waals surface area contributed by atoms with Crippen LogP contribution in [0.3, 0.4) is 0 Å². The number of likely N-dealkylation sites (N-methyl/N-ethyl adjacent to an activating group) is 1. The number of likely N-dealkylation sites (tertiary alicyclic amines) is 1. The van der Waals surface area contributed by atoms with Gasteiger partial charge in [-0.15, -0.1) is 0 Å². The molecule has 0 saturated carbocycles. The van der Waals surface area contributed by atoms with Crippen molar-refractivity contribution in [1.29, 1.82) is 0 Å².